The monoisotopic (exact) mass is 392 g/mol. The second kappa shape index (κ2) is 5.82. The van der Waals surface area contributed by atoms with Crippen LogP contribution < -0.4 is 0 Å². The average Bonchev–Trinajstić information content (AvgIpc) is 2.48. The lowest BCUT2D eigenvalue weighted by Crippen LogP contribution is -2.07. The lowest BCUT2D eigenvalue weighted by molar-refractivity contribution is 0.103. The van der Waals surface area contributed by atoms with E-state index in [0.29, 0.717) is 5.56 Å². The van der Waals surface area contributed by atoms with Crippen molar-refractivity contribution in [3.05, 3.63) is 67.6 Å². The zero-order chi connectivity index (χ0) is 14.1. The van der Waals surface area contributed by atoms with E-state index in [-0.39, 0.29) is 5.78 Å². The summed E-state index contributed by atoms with van der Waals surface area (Å²) in [6.07, 6.45) is 4.73. The molecule has 0 aliphatic heterocycles. The lowest BCUT2D eigenvalue weighted by atomic mass is 9.89. The van der Waals surface area contributed by atoms with E-state index >= 15 is 0 Å². The van der Waals surface area contributed by atoms with Crippen LogP contribution in [0, 0.1) is 0 Å². The van der Waals surface area contributed by atoms with Crippen molar-refractivity contribution in [1.29, 1.82) is 0 Å². The minimum absolute atomic E-state index is 0.0755. The minimum Gasteiger partial charge on any atom is -0.289 e. The number of rotatable bonds is 2. The molecule has 0 N–H and O–H groups in total. The molecule has 2 aromatic rings. The highest BCUT2D eigenvalue weighted by molar-refractivity contribution is 9.11. The van der Waals surface area contributed by atoms with Crippen LogP contribution >= 0.6 is 31.9 Å². The van der Waals surface area contributed by atoms with Crippen molar-refractivity contribution in [1.82, 2.24) is 0 Å². The second-order valence-electron chi connectivity index (χ2n) is 5.14. The van der Waals surface area contributed by atoms with E-state index in [1.54, 1.807) is 0 Å². The van der Waals surface area contributed by atoms with Crippen LogP contribution in [0.4, 0.5) is 0 Å². The molecule has 0 heterocycles. The maximum Gasteiger partial charge on any atom is 0.194 e. The molecule has 0 bridgehead atoms. The third-order valence-corrected chi connectivity index (χ3v) is 4.97. The van der Waals surface area contributed by atoms with Crippen LogP contribution in [0.15, 0.2) is 45.3 Å². The van der Waals surface area contributed by atoms with Gasteiger partial charge < -0.3 is 0 Å². The summed E-state index contributed by atoms with van der Waals surface area (Å²) in [5.74, 6) is 0.0755. The third kappa shape index (κ3) is 2.75. The Morgan fingerprint density at radius 2 is 1.65 bits per heavy atom. The summed E-state index contributed by atoms with van der Waals surface area (Å²) in [6.45, 7) is 0. The summed E-state index contributed by atoms with van der Waals surface area (Å²) in [5.41, 5.74) is 4.23. The molecule has 0 aromatic heterocycles. The van der Waals surface area contributed by atoms with E-state index in [1.807, 2.05) is 24.3 Å². The summed E-state index contributed by atoms with van der Waals surface area (Å²) in [5, 5.41) is 0. The van der Waals surface area contributed by atoms with E-state index in [4.69, 9.17) is 0 Å². The van der Waals surface area contributed by atoms with E-state index in [1.165, 1.54) is 24.0 Å². The van der Waals surface area contributed by atoms with Gasteiger partial charge in [-0.25, -0.2) is 0 Å². The van der Waals surface area contributed by atoms with Crippen molar-refractivity contribution in [2.24, 2.45) is 0 Å². The zero-order valence-corrected chi connectivity index (χ0v) is 14.1. The van der Waals surface area contributed by atoms with Gasteiger partial charge in [-0.3, -0.25) is 4.79 Å². The number of ketones is 1. The molecule has 0 spiro atoms. The van der Waals surface area contributed by atoms with Crippen LogP contribution in [0.25, 0.3) is 0 Å². The van der Waals surface area contributed by atoms with Crippen LogP contribution in [0.1, 0.15) is 39.9 Å². The lowest BCUT2D eigenvalue weighted by Gasteiger charge is -2.16. The van der Waals surface area contributed by atoms with Gasteiger partial charge in [0.2, 0.25) is 0 Å². The van der Waals surface area contributed by atoms with Crippen molar-refractivity contribution >= 4 is 37.6 Å². The fourth-order valence-corrected chi connectivity index (χ4v) is 3.49. The Kier molecular flexibility index (Phi) is 4.08. The van der Waals surface area contributed by atoms with Crippen molar-refractivity contribution < 1.29 is 4.79 Å². The minimum atomic E-state index is 0.0755. The van der Waals surface area contributed by atoms with E-state index in [9.17, 15) is 4.79 Å². The molecule has 0 atom stereocenters. The summed E-state index contributed by atoms with van der Waals surface area (Å²) in [7, 11) is 0. The Hall–Kier alpha value is -0.930. The molecule has 1 nitrogen and oxygen atoms in total. The number of halogens is 2. The highest BCUT2D eigenvalue weighted by Gasteiger charge is 2.16. The third-order valence-electron chi connectivity index (χ3n) is 3.78. The van der Waals surface area contributed by atoms with Gasteiger partial charge in [0.15, 0.2) is 5.78 Å². The molecule has 0 unspecified atom stereocenters. The Balaban J connectivity index is 2.00. The summed E-state index contributed by atoms with van der Waals surface area (Å²) in [4.78, 5) is 12.7. The number of carbonyl (C=O) groups excluding carboxylic acids is 1. The zero-order valence-electron chi connectivity index (χ0n) is 11.0. The standard InChI is InChI=1S/C17H14Br2O/c18-14-7-8-16(19)15(10-14)17(20)13-6-5-11-3-1-2-4-12(11)9-13/h5-10H,1-4H2. The molecular weight excluding hydrogens is 380 g/mol. The number of hydrogen-bond acceptors (Lipinski definition) is 1. The number of aryl methyl sites for hydroxylation is 2. The summed E-state index contributed by atoms with van der Waals surface area (Å²) < 4.78 is 1.76. The van der Waals surface area contributed by atoms with Crippen molar-refractivity contribution in [2.75, 3.05) is 0 Å². The fraction of sp³-hybridized carbons (Fsp3) is 0.235. The van der Waals surface area contributed by atoms with Crippen LogP contribution in [0.3, 0.4) is 0 Å². The Bertz CT molecular complexity index is 677. The SMILES string of the molecule is O=C(c1ccc2c(c1)CCCC2)c1cc(Br)ccc1Br. The first-order valence-corrected chi connectivity index (χ1v) is 8.35. The predicted octanol–water partition coefficient (Wildman–Crippen LogP) is 5.32. The first-order chi connectivity index (χ1) is 9.65. The number of hydrogen-bond donors (Lipinski definition) is 0. The smallest absolute Gasteiger partial charge is 0.194 e. The largest absolute Gasteiger partial charge is 0.289 e. The van der Waals surface area contributed by atoms with Crippen molar-refractivity contribution in [3.8, 4) is 0 Å². The van der Waals surface area contributed by atoms with E-state index in [0.717, 1.165) is 27.4 Å². The maximum atomic E-state index is 12.7. The number of carbonyl (C=O) groups is 1. The van der Waals surface area contributed by atoms with Gasteiger partial charge in [0.1, 0.15) is 0 Å². The number of benzene rings is 2. The first-order valence-electron chi connectivity index (χ1n) is 6.77. The Labute approximate surface area is 135 Å². The van der Waals surface area contributed by atoms with Gasteiger partial charge in [-0.1, -0.05) is 44.0 Å². The molecule has 0 saturated carbocycles. The van der Waals surface area contributed by atoms with E-state index in [2.05, 4.69) is 44.0 Å². The molecule has 2 aromatic carbocycles. The molecule has 102 valence electrons. The van der Waals surface area contributed by atoms with Crippen LogP contribution in [0.2, 0.25) is 0 Å². The van der Waals surface area contributed by atoms with Crippen LogP contribution in [-0.2, 0) is 12.8 Å². The van der Waals surface area contributed by atoms with Crippen molar-refractivity contribution in [2.45, 2.75) is 25.7 Å². The molecule has 3 heteroatoms. The highest BCUT2D eigenvalue weighted by atomic mass is 79.9. The van der Waals surface area contributed by atoms with Gasteiger partial charge in [-0.15, -0.1) is 0 Å². The second-order valence-corrected chi connectivity index (χ2v) is 6.91. The number of fused-ring (bicyclic) bond motifs is 1. The molecule has 20 heavy (non-hydrogen) atoms. The molecule has 0 fully saturated rings. The van der Waals surface area contributed by atoms with Gasteiger partial charge in [0.25, 0.3) is 0 Å². The van der Waals surface area contributed by atoms with Gasteiger partial charge in [-0.05, 0) is 61.1 Å². The highest BCUT2D eigenvalue weighted by Crippen LogP contribution is 2.27. The molecule has 3 rings (SSSR count). The first kappa shape index (κ1) is 14.0. The average molecular weight is 394 g/mol. The summed E-state index contributed by atoms with van der Waals surface area (Å²) in [6, 6.07) is 11.8. The van der Waals surface area contributed by atoms with E-state index < -0.39 is 0 Å². The maximum absolute atomic E-state index is 12.7. The van der Waals surface area contributed by atoms with Gasteiger partial charge in [-0.2, -0.15) is 0 Å². The van der Waals surface area contributed by atoms with Crippen LogP contribution in [0.5, 0.6) is 0 Å². The predicted molar refractivity (Wildman–Crippen MR) is 88.4 cm³/mol. The quantitative estimate of drug-likeness (QED) is 0.631. The van der Waals surface area contributed by atoms with Crippen molar-refractivity contribution in [3.63, 3.8) is 0 Å². The van der Waals surface area contributed by atoms with Gasteiger partial charge in [0.05, 0.1) is 0 Å². The molecule has 0 amide bonds. The Morgan fingerprint density at radius 3 is 2.45 bits per heavy atom. The fourth-order valence-electron chi connectivity index (χ4n) is 2.70. The molecule has 0 saturated heterocycles. The van der Waals surface area contributed by atoms with Crippen LogP contribution in [-0.4, -0.2) is 5.78 Å². The van der Waals surface area contributed by atoms with Gasteiger partial charge >= 0.3 is 0 Å². The summed E-state index contributed by atoms with van der Waals surface area (Å²) >= 11 is 6.89. The molecular formula is C17H14Br2O. The topological polar surface area (TPSA) is 17.1 Å². The molecule has 1 aliphatic carbocycles. The van der Waals surface area contributed by atoms with Gasteiger partial charge in [0, 0.05) is 20.1 Å². The normalized spacial score (nSPS) is 13.9. The Morgan fingerprint density at radius 1 is 0.900 bits per heavy atom. The molecule has 0 radical (unpaired) electrons. The molecule has 1 aliphatic rings.